The molecule has 1 aliphatic heterocycles. The van der Waals surface area contributed by atoms with E-state index >= 15 is 0 Å². The number of nitrogens with one attached hydrogen (secondary N) is 1. The summed E-state index contributed by atoms with van der Waals surface area (Å²) < 4.78 is 0. The molecule has 0 saturated carbocycles. The monoisotopic (exact) mass is 289 g/mol. The average Bonchev–Trinajstić information content (AvgIpc) is 2.50. The first-order valence-electron chi connectivity index (χ1n) is 8.03. The van der Waals surface area contributed by atoms with Gasteiger partial charge in [0.25, 0.3) is 0 Å². The van der Waals surface area contributed by atoms with Crippen molar-refractivity contribution >= 4 is 5.91 Å². The van der Waals surface area contributed by atoms with Gasteiger partial charge in [0.1, 0.15) is 0 Å². The van der Waals surface area contributed by atoms with Crippen LogP contribution in [0.4, 0.5) is 0 Å². The maximum absolute atomic E-state index is 11.4. The van der Waals surface area contributed by atoms with E-state index in [-0.39, 0.29) is 5.91 Å². The summed E-state index contributed by atoms with van der Waals surface area (Å²) in [6, 6.07) is 10.6. The van der Waals surface area contributed by atoms with Crippen LogP contribution in [0.2, 0.25) is 0 Å². The Balaban J connectivity index is 1.61. The maximum atomic E-state index is 11.4. The van der Waals surface area contributed by atoms with Crippen LogP contribution in [0, 0.1) is 0 Å². The predicted octanol–water partition coefficient (Wildman–Crippen LogP) is 1.72. The van der Waals surface area contributed by atoms with Gasteiger partial charge in [-0.2, -0.15) is 0 Å². The van der Waals surface area contributed by atoms with Gasteiger partial charge in [0.2, 0.25) is 5.91 Å². The number of piperazine rings is 1. The van der Waals surface area contributed by atoms with Crippen molar-refractivity contribution in [2.24, 2.45) is 0 Å². The van der Waals surface area contributed by atoms with Gasteiger partial charge in [-0.3, -0.25) is 14.6 Å². The van der Waals surface area contributed by atoms with Crippen molar-refractivity contribution < 1.29 is 4.79 Å². The first-order chi connectivity index (χ1) is 10.3. The first kappa shape index (κ1) is 16.0. The molecule has 1 fully saturated rings. The van der Waals surface area contributed by atoms with Crippen molar-refractivity contribution in [1.82, 2.24) is 15.1 Å². The van der Waals surface area contributed by atoms with Crippen LogP contribution in [0.3, 0.4) is 0 Å². The van der Waals surface area contributed by atoms with Crippen LogP contribution in [-0.2, 0) is 11.3 Å². The van der Waals surface area contributed by atoms with Crippen LogP contribution in [0.1, 0.15) is 25.3 Å². The van der Waals surface area contributed by atoms with E-state index in [1.54, 1.807) is 0 Å². The number of nitrogens with zero attached hydrogens (tertiary/aromatic N) is 2. The molecule has 0 atom stereocenters. The van der Waals surface area contributed by atoms with Crippen molar-refractivity contribution in [1.29, 1.82) is 0 Å². The standard InChI is InChI=1S/C17H27N3O/c1-2-6-17(21)18-9-10-19-11-13-20(14-12-19)15-16-7-4-3-5-8-16/h3-5,7-8H,2,6,9-15H2,1H3,(H,18,21). The zero-order chi connectivity index (χ0) is 14.9. The Hall–Kier alpha value is -1.39. The Labute approximate surface area is 128 Å². The molecule has 2 rings (SSSR count). The molecule has 0 unspecified atom stereocenters. The van der Waals surface area contributed by atoms with Crippen LogP contribution in [0.5, 0.6) is 0 Å². The maximum Gasteiger partial charge on any atom is 0.220 e. The highest BCUT2D eigenvalue weighted by Gasteiger charge is 2.16. The van der Waals surface area contributed by atoms with Gasteiger partial charge in [-0.25, -0.2) is 0 Å². The molecule has 1 aliphatic rings. The highest BCUT2D eigenvalue weighted by molar-refractivity contribution is 5.75. The molecule has 4 nitrogen and oxygen atoms in total. The zero-order valence-corrected chi connectivity index (χ0v) is 13.1. The van der Waals surface area contributed by atoms with Gasteiger partial charge in [-0.05, 0) is 12.0 Å². The number of hydrogen-bond acceptors (Lipinski definition) is 3. The minimum atomic E-state index is 0.181. The number of hydrogen-bond donors (Lipinski definition) is 1. The molecule has 116 valence electrons. The van der Waals surface area contributed by atoms with Crippen LogP contribution in [0.15, 0.2) is 30.3 Å². The molecule has 0 aliphatic carbocycles. The van der Waals surface area contributed by atoms with Gasteiger partial charge >= 0.3 is 0 Å². The van der Waals surface area contributed by atoms with Crippen molar-refractivity contribution in [2.75, 3.05) is 39.3 Å². The van der Waals surface area contributed by atoms with E-state index in [1.165, 1.54) is 5.56 Å². The Morgan fingerprint density at radius 1 is 1.10 bits per heavy atom. The van der Waals surface area contributed by atoms with Gasteiger partial charge < -0.3 is 5.32 Å². The number of benzene rings is 1. The molecule has 0 bridgehead atoms. The summed E-state index contributed by atoms with van der Waals surface area (Å²) in [7, 11) is 0. The van der Waals surface area contributed by atoms with Gasteiger partial charge in [0.15, 0.2) is 0 Å². The third kappa shape index (κ3) is 5.86. The third-order valence-electron chi connectivity index (χ3n) is 3.94. The minimum absolute atomic E-state index is 0.181. The van der Waals surface area contributed by atoms with E-state index in [0.29, 0.717) is 6.42 Å². The van der Waals surface area contributed by atoms with Crippen molar-refractivity contribution in [2.45, 2.75) is 26.3 Å². The SMILES string of the molecule is CCCC(=O)NCCN1CCN(Cc2ccccc2)CC1. The van der Waals surface area contributed by atoms with Gasteiger partial charge in [-0.1, -0.05) is 37.3 Å². The summed E-state index contributed by atoms with van der Waals surface area (Å²) in [5.74, 6) is 0.181. The molecule has 0 spiro atoms. The van der Waals surface area contributed by atoms with E-state index in [2.05, 4.69) is 45.4 Å². The smallest absolute Gasteiger partial charge is 0.220 e. The fourth-order valence-electron chi connectivity index (χ4n) is 2.68. The molecular formula is C17H27N3O. The number of carbonyl (C=O) groups excluding carboxylic acids is 1. The molecule has 1 N–H and O–H groups in total. The fourth-order valence-corrected chi connectivity index (χ4v) is 2.68. The predicted molar refractivity (Wildman–Crippen MR) is 86.1 cm³/mol. The van der Waals surface area contributed by atoms with Crippen LogP contribution in [-0.4, -0.2) is 55.0 Å². The molecular weight excluding hydrogens is 262 g/mol. The first-order valence-corrected chi connectivity index (χ1v) is 8.03. The Morgan fingerprint density at radius 3 is 2.43 bits per heavy atom. The molecule has 1 saturated heterocycles. The van der Waals surface area contributed by atoms with Crippen molar-refractivity contribution in [3.63, 3.8) is 0 Å². The Bertz CT molecular complexity index is 413. The normalized spacial score (nSPS) is 16.8. The molecule has 1 aromatic rings. The lowest BCUT2D eigenvalue weighted by molar-refractivity contribution is -0.121. The second-order valence-corrected chi connectivity index (χ2v) is 5.70. The highest BCUT2D eigenvalue weighted by Crippen LogP contribution is 2.07. The van der Waals surface area contributed by atoms with Crippen LogP contribution in [0.25, 0.3) is 0 Å². The Kier molecular flexibility index (Phi) is 6.70. The molecule has 0 radical (unpaired) electrons. The minimum Gasteiger partial charge on any atom is -0.355 e. The molecule has 1 amide bonds. The summed E-state index contributed by atoms with van der Waals surface area (Å²) in [5, 5.41) is 2.99. The fraction of sp³-hybridized carbons (Fsp3) is 0.588. The molecule has 21 heavy (non-hydrogen) atoms. The lowest BCUT2D eigenvalue weighted by atomic mass is 10.2. The zero-order valence-electron chi connectivity index (χ0n) is 13.1. The molecule has 1 aromatic carbocycles. The summed E-state index contributed by atoms with van der Waals surface area (Å²) in [5.41, 5.74) is 1.39. The summed E-state index contributed by atoms with van der Waals surface area (Å²) >= 11 is 0. The number of amides is 1. The van der Waals surface area contributed by atoms with E-state index < -0.39 is 0 Å². The third-order valence-corrected chi connectivity index (χ3v) is 3.94. The molecule has 0 aromatic heterocycles. The quantitative estimate of drug-likeness (QED) is 0.830. The molecule has 1 heterocycles. The lowest BCUT2D eigenvalue weighted by Crippen LogP contribution is -2.48. The van der Waals surface area contributed by atoms with Gasteiger partial charge in [0, 0.05) is 52.2 Å². The summed E-state index contributed by atoms with van der Waals surface area (Å²) in [6.07, 6.45) is 1.56. The summed E-state index contributed by atoms with van der Waals surface area (Å²) in [4.78, 5) is 16.3. The van der Waals surface area contributed by atoms with E-state index in [4.69, 9.17) is 0 Å². The molecule has 4 heteroatoms. The van der Waals surface area contributed by atoms with Gasteiger partial charge in [-0.15, -0.1) is 0 Å². The largest absolute Gasteiger partial charge is 0.355 e. The van der Waals surface area contributed by atoms with Crippen LogP contribution < -0.4 is 5.32 Å². The van der Waals surface area contributed by atoms with Gasteiger partial charge in [0.05, 0.1) is 0 Å². The summed E-state index contributed by atoms with van der Waals surface area (Å²) in [6.45, 7) is 9.22. The lowest BCUT2D eigenvalue weighted by Gasteiger charge is -2.34. The number of rotatable bonds is 7. The van der Waals surface area contributed by atoms with E-state index in [1.807, 2.05) is 6.92 Å². The highest BCUT2D eigenvalue weighted by atomic mass is 16.1. The second-order valence-electron chi connectivity index (χ2n) is 5.70. The second kappa shape index (κ2) is 8.80. The van der Waals surface area contributed by atoms with Crippen molar-refractivity contribution in [3.05, 3.63) is 35.9 Å². The van der Waals surface area contributed by atoms with E-state index in [9.17, 15) is 4.79 Å². The topological polar surface area (TPSA) is 35.6 Å². The van der Waals surface area contributed by atoms with E-state index in [0.717, 1.165) is 52.2 Å². The average molecular weight is 289 g/mol. The Morgan fingerprint density at radius 2 is 1.76 bits per heavy atom. The van der Waals surface area contributed by atoms with Crippen LogP contribution >= 0.6 is 0 Å². The van der Waals surface area contributed by atoms with Crippen molar-refractivity contribution in [3.8, 4) is 0 Å². The number of carbonyl (C=O) groups is 1.